The van der Waals surface area contributed by atoms with E-state index in [1.807, 2.05) is 37.3 Å². The fourth-order valence-corrected chi connectivity index (χ4v) is 2.76. The summed E-state index contributed by atoms with van der Waals surface area (Å²) in [6, 6.07) is 14.6. The second-order valence-electron chi connectivity index (χ2n) is 6.23. The molecule has 1 aromatic heterocycles. The third kappa shape index (κ3) is 4.54. The third-order valence-electron chi connectivity index (χ3n) is 4.21. The van der Waals surface area contributed by atoms with Gasteiger partial charge in [0, 0.05) is 30.9 Å². The molecule has 2 aromatic carbocycles. The Morgan fingerprint density at radius 3 is 2.59 bits per heavy atom. The fraction of sp³-hybridized carbons (Fsp3) is 0.238. The van der Waals surface area contributed by atoms with Gasteiger partial charge >= 0.3 is 0 Å². The molecule has 3 aromatic rings. The quantitative estimate of drug-likeness (QED) is 0.698. The number of benzene rings is 2. The molecule has 0 atom stereocenters. The van der Waals surface area contributed by atoms with Gasteiger partial charge in [0.1, 0.15) is 5.75 Å². The smallest absolute Gasteiger partial charge is 0.262 e. The van der Waals surface area contributed by atoms with Crippen molar-refractivity contribution in [2.45, 2.75) is 13.5 Å². The van der Waals surface area contributed by atoms with Crippen LogP contribution in [0.2, 0.25) is 0 Å². The molecule has 6 nitrogen and oxygen atoms in total. The average Bonchev–Trinajstić information content (AvgIpc) is 2.68. The lowest BCUT2D eigenvalue weighted by Gasteiger charge is -2.11. The van der Waals surface area contributed by atoms with Crippen LogP contribution in [0.5, 0.6) is 5.75 Å². The molecule has 140 valence electrons. The Morgan fingerprint density at radius 2 is 1.85 bits per heavy atom. The second-order valence-corrected chi connectivity index (χ2v) is 6.23. The first-order chi connectivity index (χ1) is 13.1. The van der Waals surface area contributed by atoms with E-state index in [0.29, 0.717) is 35.4 Å². The van der Waals surface area contributed by atoms with Crippen LogP contribution in [0.1, 0.15) is 5.56 Å². The molecule has 0 aliphatic rings. The molecular formula is C21H22N2O4. The zero-order chi connectivity index (χ0) is 19.2. The number of rotatable bonds is 7. The van der Waals surface area contributed by atoms with Gasteiger partial charge in [0.25, 0.3) is 11.5 Å². The Hall–Kier alpha value is -3.12. The highest BCUT2D eigenvalue weighted by molar-refractivity contribution is 5.92. The number of carbonyl (C=O) groups is 1. The molecule has 0 aliphatic heterocycles. The van der Waals surface area contributed by atoms with Crippen LogP contribution < -0.4 is 15.6 Å². The number of anilines is 1. The van der Waals surface area contributed by atoms with Crippen molar-refractivity contribution in [3.8, 4) is 5.75 Å². The summed E-state index contributed by atoms with van der Waals surface area (Å²) in [5.74, 6) is 0.242. The minimum Gasteiger partial charge on any atom is -0.483 e. The number of amides is 1. The van der Waals surface area contributed by atoms with Crippen molar-refractivity contribution in [3.05, 3.63) is 70.6 Å². The number of hydrogen-bond donors (Lipinski definition) is 1. The molecule has 0 unspecified atom stereocenters. The molecule has 0 aliphatic carbocycles. The van der Waals surface area contributed by atoms with Crippen LogP contribution in [0.4, 0.5) is 5.69 Å². The Morgan fingerprint density at radius 1 is 1.07 bits per heavy atom. The van der Waals surface area contributed by atoms with Crippen molar-refractivity contribution >= 4 is 22.4 Å². The Kier molecular flexibility index (Phi) is 5.88. The summed E-state index contributed by atoms with van der Waals surface area (Å²) in [6.45, 7) is 2.79. The molecule has 1 N–H and O–H groups in total. The number of methoxy groups -OCH3 is 1. The van der Waals surface area contributed by atoms with E-state index >= 15 is 0 Å². The topological polar surface area (TPSA) is 69.6 Å². The fourth-order valence-electron chi connectivity index (χ4n) is 2.76. The Bertz CT molecular complexity index is 993. The summed E-state index contributed by atoms with van der Waals surface area (Å²) in [4.78, 5) is 24.7. The molecule has 6 heteroatoms. The first-order valence-electron chi connectivity index (χ1n) is 8.69. The Balaban J connectivity index is 1.73. The predicted octanol–water partition coefficient (Wildman–Crippen LogP) is 2.97. The summed E-state index contributed by atoms with van der Waals surface area (Å²) in [5.41, 5.74) is 1.73. The molecule has 0 saturated carbocycles. The normalized spacial score (nSPS) is 10.7. The van der Waals surface area contributed by atoms with Crippen LogP contribution in [-0.4, -0.2) is 30.8 Å². The van der Waals surface area contributed by atoms with E-state index in [9.17, 15) is 9.59 Å². The van der Waals surface area contributed by atoms with Crippen molar-refractivity contribution in [2.24, 2.45) is 0 Å². The molecule has 0 fully saturated rings. The number of hydrogen-bond acceptors (Lipinski definition) is 4. The first-order valence-corrected chi connectivity index (χ1v) is 8.69. The molecule has 1 heterocycles. The molecule has 3 rings (SSSR count). The van der Waals surface area contributed by atoms with Crippen molar-refractivity contribution < 1.29 is 14.3 Å². The second kappa shape index (κ2) is 8.51. The van der Waals surface area contributed by atoms with Gasteiger partial charge in [-0.25, -0.2) is 0 Å². The van der Waals surface area contributed by atoms with Crippen molar-refractivity contribution in [2.75, 3.05) is 25.6 Å². The van der Waals surface area contributed by atoms with Gasteiger partial charge in [-0.15, -0.1) is 0 Å². The van der Waals surface area contributed by atoms with Gasteiger partial charge in [-0.3, -0.25) is 9.59 Å². The molecule has 0 bridgehead atoms. The standard InChI is InChI=1S/C21H22N2O4/c1-15-6-8-16(9-7-15)22-20(24)14-27-19-5-3-4-18-17(19)10-11-23(21(18)25)12-13-26-2/h3-11H,12-14H2,1-2H3,(H,22,24). The lowest BCUT2D eigenvalue weighted by molar-refractivity contribution is -0.118. The van der Waals surface area contributed by atoms with Crippen LogP contribution in [-0.2, 0) is 16.1 Å². The number of nitrogens with zero attached hydrogens (tertiary/aromatic N) is 1. The van der Waals surface area contributed by atoms with Gasteiger partial charge in [0.15, 0.2) is 6.61 Å². The van der Waals surface area contributed by atoms with Crippen LogP contribution in [0, 0.1) is 6.92 Å². The number of nitrogens with one attached hydrogen (secondary N) is 1. The number of fused-ring (bicyclic) bond motifs is 1. The van der Waals surface area contributed by atoms with Crippen LogP contribution in [0.15, 0.2) is 59.5 Å². The van der Waals surface area contributed by atoms with E-state index < -0.39 is 0 Å². The highest BCUT2D eigenvalue weighted by Crippen LogP contribution is 2.23. The summed E-state index contributed by atoms with van der Waals surface area (Å²) in [7, 11) is 1.60. The number of pyridine rings is 1. The molecule has 1 amide bonds. The van der Waals surface area contributed by atoms with Gasteiger partial charge in [-0.2, -0.15) is 0 Å². The minimum absolute atomic E-state index is 0.112. The largest absolute Gasteiger partial charge is 0.483 e. The maximum atomic E-state index is 12.6. The van der Waals surface area contributed by atoms with Crippen LogP contribution in [0.25, 0.3) is 10.8 Å². The number of aromatic nitrogens is 1. The van der Waals surface area contributed by atoms with Crippen molar-refractivity contribution in [3.63, 3.8) is 0 Å². The van der Waals surface area contributed by atoms with Crippen LogP contribution in [0.3, 0.4) is 0 Å². The number of carbonyl (C=O) groups excluding carboxylic acids is 1. The maximum absolute atomic E-state index is 12.6. The molecule has 0 saturated heterocycles. The van der Waals surface area contributed by atoms with E-state index in [2.05, 4.69) is 5.32 Å². The van der Waals surface area contributed by atoms with Gasteiger partial charge in [0.2, 0.25) is 0 Å². The SMILES string of the molecule is COCCn1ccc2c(OCC(=O)Nc3ccc(C)cc3)cccc2c1=O. The lowest BCUT2D eigenvalue weighted by atomic mass is 10.1. The molecule has 0 spiro atoms. The predicted molar refractivity (Wildman–Crippen MR) is 105 cm³/mol. The average molecular weight is 366 g/mol. The zero-order valence-corrected chi connectivity index (χ0v) is 15.4. The Labute approximate surface area is 157 Å². The summed E-state index contributed by atoms with van der Waals surface area (Å²) >= 11 is 0. The van der Waals surface area contributed by atoms with E-state index in [0.717, 1.165) is 5.56 Å². The highest BCUT2D eigenvalue weighted by Gasteiger charge is 2.09. The van der Waals surface area contributed by atoms with E-state index in [1.165, 1.54) is 0 Å². The zero-order valence-electron chi connectivity index (χ0n) is 15.4. The van der Waals surface area contributed by atoms with Gasteiger partial charge < -0.3 is 19.4 Å². The molecular weight excluding hydrogens is 344 g/mol. The number of ether oxygens (including phenoxy) is 2. The minimum atomic E-state index is -0.260. The monoisotopic (exact) mass is 366 g/mol. The summed E-state index contributed by atoms with van der Waals surface area (Å²) in [5, 5.41) is 4.01. The van der Waals surface area contributed by atoms with Crippen LogP contribution >= 0.6 is 0 Å². The van der Waals surface area contributed by atoms with E-state index in [4.69, 9.17) is 9.47 Å². The van der Waals surface area contributed by atoms with Crippen molar-refractivity contribution in [1.82, 2.24) is 4.57 Å². The highest BCUT2D eigenvalue weighted by atomic mass is 16.5. The van der Waals surface area contributed by atoms with E-state index in [-0.39, 0.29) is 18.1 Å². The van der Waals surface area contributed by atoms with E-state index in [1.54, 1.807) is 36.1 Å². The number of aryl methyl sites for hydroxylation is 1. The van der Waals surface area contributed by atoms with Gasteiger partial charge in [-0.05, 0) is 37.3 Å². The van der Waals surface area contributed by atoms with Crippen molar-refractivity contribution in [1.29, 1.82) is 0 Å². The maximum Gasteiger partial charge on any atom is 0.262 e. The summed E-state index contributed by atoms with van der Waals surface area (Å²) < 4.78 is 12.3. The molecule has 27 heavy (non-hydrogen) atoms. The lowest BCUT2D eigenvalue weighted by Crippen LogP contribution is -2.22. The van der Waals surface area contributed by atoms with Gasteiger partial charge in [-0.1, -0.05) is 23.8 Å². The third-order valence-corrected chi connectivity index (χ3v) is 4.21. The summed E-state index contributed by atoms with van der Waals surface area (Å²) in [6.07, 6.45) is 1.71. The first kappa shape index (κ1) is 18.7. The molecule has 0 radical (unpaired) electrons. The van der Waals surface area contributed by atoms with Gasteiger partial charge in [0.05, 0.1) is 12.0 Å².